The van der Waals surface area contributed by atoms with Crippen molar-refractivity contribution in [1.29, 1.82) is 0 Å². The van der Waals surface area contributed by atoms with Gasteiger partial charge < -0.3 is 4.74 Å². The first-order chi connectivity index (χ1) is 7.20. The zero-order valence-electron chi connectivity index (χ0n) is 9.45. The molecular weight excluding hydrogens is 188 g/mol. The number of carbonyl (C=O) groups excluding carboxylic acids is 1. The molecule has 0 aromatic carbocycles. The predicted molar refractivity (Wildman–Crippen MR) is 59.4 cm³/mol. The Bertz CT molecular complexity index is 325. The number of Topliss-reactive ketones (excluding diaryl/α,β-unsaturated/α-hetero) is 1. The molecular formula is C13H18O2. The number of hydrogen-bond donors (Lipinski definition) is 0. The van der Waals surface area contributed by atoms with Crippen molar-refractivity contribution in [3.05, 3.63) is 23.5 Å². The van der Waals surface area contributed by atoms with Gasteiger partial charge in [-0.1, -0.05) is 12.2 Å². The maximum Gasteiger partial charge on any atom is 0.159 e. The Balaban J connectivity index is 2.21. The zero-order chi connectivity index (χ0) is 10.8. The fourth-order valence-corrected chi connectivity index (χ4v) is 2.69. The number of ketones is 1. The van der Waals surface area contributed by atoms with Crippen molar-refractivity contribution in [1.82, 2.24) is 0 Å². The second-order valence-electron chi connectivity index (χ2n) is 4.41. The summed E-state index contributed by atoms with van der Waals surface area (Å²) in [5.74, 6) is 1.39. The minimum Gasteiger partial charge on any atom is -0.494 e. The first-order valence-corrected chi connectivity index (χ1v) is 5.73. The SMILES string of the molecule is CC(=O)C1=C(C)OC2CC/C=C\CCC12. The van der Waals surface area contributed by atoms with Crippen molar-refractivity contribution in [2.75, 3.05) is 0 Å². The zero-order valence-corrected chi connectivity index (χ0v) is 9.45. The molecule has 0 fully saturated rings. The molecule has 0 saturated heterocycles. The first-order valence-electron chi connectivity index (χ1n) is 5.73. The number of carbonyl (C=O) groups is 1. The van der Waals surface area contributed by atoms with Crippen molar-refractivity contribution < 1.29 is 9.53 Å². The third-order valence-electron chi connectivity index (χ3n) is 3.34. The molecule has 0 aromatic heterocycles. The van der Waals surface area contributed by atoms with Crippen LogP contribution in [0.3, 0.4) is 0 Å². The highest BCUT2D eigenvalue weighted by Gasteiger charge is 2.36. The Morgan fingerprint density at radius 3 is 2.67 bits per heavy atom. The highest BCUT2D eigenvalue weighted by Crippen LogP contribution is 2.37. The summed E-state index contributed by atoms with van der Waals surface area (Å²) in [6.45, 7) is 3.58. The third-order valence-corrected chi connectivity index (χ3v) is 3.34. The van der Waals surface area contributed by atoms with E-state index in [1.807, 2.05) is 6.92 Å². The lowest BCUT2D eigenvalue weighted by Gasteiger charge is -2.21. The summed E-state index contributed by atoms with van der Waals surface area (Å²) in [5.41, 5.74) is 0.940. The van der Waals surface area contributed by atoms with Gasteiger partial charge in [0.1, 0.15) is 11.9 Å². The van der Waals surface area contributed by atoms with Crippen LogP contribution >= 0.6 is 0 Å². The van der Waals surface area contributed by atoms with E-state index in [4.69, 9.17) is 4.74 Å². The quantitative estimate of drug-likeness (QED) is 0.616. The van der Waals surface area contributed by atoms with E-state index in [0.29, 0.717) is 5.92 Å². The molecule has 15 heavy (non-hydrogen) atoms. The van der Waals surface area contributed by atoms with E-state index in [0.717, 1.165) is 37.0 Å². The summed E-state index contributed by atoms with van der Waals surface area (Å²) < 4.78 is 5.80. The molecule has 0 radical (unpaired) electrons. The van der Waals surface area contributed by atoms with E-state index in [1.54, 1.807) is 6.92 Å². The molecule has 2 rings (SSSR count). The molecule has 1 aliphatic carbocycles. The molecule has 0 aromatic rings. The van der Waals surface area contributed by atoms with Gasteiger partial charge in [0.15, 0.2) is 5.78 Å². The maximum absolute atomic E-state index is 11.6. The van der Waals surface area contributed by atoms with Gasteiger partial charge in [0.25, 0.3) is 0 Å². The molecule has 0 bridgehead atoms. The molecule has 2 nitrogen and oxygen atoms in total. The summed E-state index contributed by atoms with van der Waals surface area (Å²) in [7, 11) is 0. The van der Waals surface area contributed by atoms with Crippen LogP contribution in [0.15, 0.2) is 23.5 Å². The molecule has 0 saturated carbocycles. The van der Waals surface area contributed by atoms with E-state index in [2.05, 4.69) is 12.2 Å². The summed E-state index contributed by atoms with van der Waals surface area (Å²) in [4.78, 5) is 11.6. The van der Waals surface area contributed by atoms with Crippen LogP contribution in [0.5, 0.6) is 0 Å². The van der Waals surface area contributed by atoms with Crippen molar-refractivity contribution in [3.8, 4) is 0 Å². The molecule has 2 heteroatoms. The van der Waals surface area contributed by atoms with Gasteiger partial charge >= 0.3 is 0 Å². The predicted octanol–water partition coefficient (Wildman–Crippen LogP) is 2.99. The van der Waals surface area contributed by atoms with Crippen LogP contribution in [0.2, 0.25) is 0 Å². The number of hydrogen-bond acceptors (Lipinski definition) is 2. The minimum atomic E-state index is 0.185. The minimum absolute atomic E-state index is 0.185. The van der Waals surface area contributed by atoms with Gasteiger partial charge in [0.05, 0.1) is 0 Å². The van der Waals surface area contributed by atoms with Crippen LogP contribution in [0.1, 0.15) is 39.5 Å². The number of rotatable bonds is 1. The number of fused-ring (bicyclic) bond motifs is 1. The summed E-state index contributed by atoms with van der Waals surface area (Å²) in [6, 6.07) is 0. The average Bonchev–Trinajstić information content (AvgIpc) is 2.42. The largest absolute Gasteiger partial charge is 0.494 e. The average molecular weight is 206 g/mol. The van der Waals surface area contributed by atoms with E-state index >= 15 is 0 Å². The molecule has 1 heterocycles. The maximum atomic E-state index is 11.6. The van der Waals surface area contributed by atoms with Gasteiger partial charge in [-0.05, 0) is 39.5 Å². The third kappa shape index (κ3) is 1.99. The molecule has 0 amide bonds. The number of allylic oxidation sites excluding steroid dienone is 3. The molecule has 82 valence electrons. The van der Waals surface area contributed by atoms with E-state index < -0.39 is 0 Å². The summed E-state index contributed by atoms with van der Waals surface area (Å²) in [6.07, 6.45) is 8.91. The fraction of sp³-hybridized carbons (Fsp3) is 0.615. The lowest BCUT2D eigenvalue weighted by molar-refractivity contribution is -0.114. The Morgan fingerprint density at radius 2 is 2.00 bits per heavy atom. The Hall–Kier alpha value is -1.05. The first kappa shape index (κ1) is 10.5. The van der Waals surface area contributed by atoms with E-state index in [-0.39, 0.29) is 11.9 Å². The van der Waals surface area contributed by atoms with Crippen molar-refractivity contribution in [2.45, 2.75) is 45.6 Å². The Morgan fingerprint density at radius 1 is 1.33 bits per heavy atom. The van der Waals surface area contributed by atoms with Gasteiger partial charge in [-0.3, -0.25) is 4.79 Å². The van der Waals surface area contributed by atoms with Gasteiger partial charge in [-0.2, -0.15) is 0 Å². The van der Waals surface area contributed by atoms with E-state index in [9.17, 15) is 4.79 Å². The highest BCUT2D eigenvalue weighted by molar-refractivity contribution is 5.94. The van der Waals surface area contributed by atoms with Crippen LogP contribution in [0, 0.1) is 5.92 Å². The monoisotopic (exact) mass is 206 g/mol. The van der Waals surface area contributed by atoms with Crippen molar-refractivity contribution >= 4 is 5.78 Å². The Kier molecular flexibility index (Phi) is 2.94. The van der Waals surface area contributed by atoms with Gasteiger partial charge in [-0.15, -0.1) is 0 Å². The highest BCUT2D eigenvalue weighted by atomic mass is 16.5. The van der Waals surface area contributed by atoms with Crippen molar-refractivity contribution in [3.63, 3.8) is 0 Å². The van der Waals surface area contributed by atoms with Crippen LogP contribution in [-0.4, -0.2) is 11.9 Å². The van der Waals surface area contributed by atoms with Crippen molar-refractivity contribution in [2.24, 2.45) is 5.92 Å². The van der Waals surface area contributed by atoms with Crippen LogP contribution in [-0.2, 0) is 9.53 Å². The van der Waals surface area contributed by atoms with Gasteiger partial charge in [-0.25, -0.2) is 0 Å². The van der Waals surface area contributed by atoms with Crippen LogP contribution < -0.4 is 0 Å². The van der Waals surface area contributed by atoms with Gasteiger partial charge in [0.2, 0.25) is 0 Å². The second-order valence-corrected chi connectivity index (χ2v) is 4.41. The van der Waals surface area contributed by atoms with Crippen LogP contribution in [0.4, 0.5) is 0 Å². The number of ether oxygens (including phenoxy) is 1. The van der Waals surface area contributed by atoms with E-state index in [1.165, 1.54) is 0 Å². The normalized spacial score (nSPS) is 32.7. The lowest BCUT2D eigenvalue weighted by Crippen LogP contribution is -2.21. The smallest absolute Gasteiger partial charge is 0.159 e. The van der Waals surface area contributed by atoms with Gasteiger partial charge in [0, 0.05) is 11.5 Å². The molecule has 0 N–H and O–H groups in total. The van der Waals surface area contributed by atoms with Crippen LogP contribution in [0.25, 0.3) is 0 Å². The second kappa shape index (κ2) is 4.21. The molecule has 0 spiro atoms. The molecule has 2 aliphatic rings. The topological polar surface area (TPSA) is 26.3 Å². The lowest BCUT2D eigenvalue weighted by atomic mass is 9.85. The Labute approximate surface area is 91.0 Å². The fourth-order valence-electron chi connectivity index (χ4n) is 2.69. The molecule has 2 unspecified atom stereocenters. The standard InChI is InChI=1S/C13H18O2/c1-9(14)13-10(2)15-12-8-6-4-3-5-7-11(12)13/h3-4,11-12H,5-8H2,1-2H3/b4-3-. The molecule has 1 aliphatic heterocycles. The molecule has 2 atom stereocenters. The summed E-state index contributed by atoms with van der Waals surface area (Å²) >= 11 is 0. The summed E-state index contributed by atoms with van der Waals surface area (Å²) in [5, 5.41) is 0.